The molecule has 17 heavy (non-hydrogen) atoms. The van der Waals surface area contributed by atoms with Gasteiger partial charge in [0.1, 0.15) is 10.6 Å². The Hall–Kier alpha value is -0.450. The SMILES string of the molecule is CCC(C)(OC)c1nc(C)c(CNC2CC2)s1. The average molecular weight is 254 g/mol. The topological polar surface area (TPSA) is 34.1 Å². The number of aromatic nitrogens is 1. The predicted octanol–water partition coefficient (Wildman–Crippen LogP) is 2.98. The van der Waals surface area contributed by atoms with Crippen molar-refractivity contribution in [2.24, 2.45) is 0 Å². The van der Waals surface area contributed by atoms with Crippen molar-refractivity contribution < 1.29 is 4.74 Å². The van der Waals surface area contributed by atoms with E-state index in [0.29, 0.717) is 0 Å². The van der Waals surface area contributed by atoms with E-state index in [1.54, 1.807) is 18.4 Å². The standard InChI is InChI=1S/C13H22N2OS/c1-5-13(3,16-4)12-15-9(2)11(17-12)8-14-10-6-7-10/h10,14H,5-8H2,1-4H3. The minimum Gasteiger partial charge on any atom is -0.371 e. The third-order valence-electron chi connectivity index (χ3n) is 3.60. The van der Waals surface area contributed by atoms with E-state index >= 15 is 0 Å². The Morgan fingerprint density at radius 1 is 1.53 bits per heavy atom. The van der Waals surface area contributed by atoms with Crippen LogP contribution in [0.1, 0.15) is 48.7 Å². The van der Waals surface area contributed by atoms with E-state index in [-0.39, 0.29) is 5.60 Å². The molecule has 4 heteroatoms. The van der Waals surface area contributed by atoms with E-state index in [9.17, 15) is 0 Å². The molecule has 1 saturated carbocycles. The van der Waals surface area contributed by atoms with Gasteiger partial charge in [-0.2, -0.15) is 0 Å². The van der Waals surface area contributed by atoms with Gasteiger partial charge < -0.3 is 10.1 Å². The second-order valence-corrected chi connectivity index (χ2v) is 6.05. The zero-order valence-corrected chi connectivity index (χ0v) is 12.0. The number of ether oxygens (including phenoxy) is 1. The van der Waals surface area contributed by atoms with Crippen LogP contribution in [0.4, 0.5) is 0 Å². The number of thiazole rings is 1. The van der Waals surface area contributed by atoms with Gasteiger partial charge in [0.2, 0.25) is 0 Å². The quantitative estimate of drug-likeness (QED) is 0.847. The molecule has 2 rings (SSSR count). The summed E-state index contributed by atoms with van der Waals surface area (Å²) in [5, 5.41) is 4.65. The molecule has 0 aromatic carbocycles. The van der Waals surface area contributed by atoms with Crippen LogP contribution < -0.4 is 5.32 Å². The smallest absolute Gasteiger partial charge is 0.125 e. The van der Waals surface area contributed by atoms with E-state index in [1.807, 2.05) is 0 Å². The van der Waals surface area contributed by atoms with Crippen LogP contribution in [-0.4, -0.2) is 18.1 Å². The minimum atomic E-state index is -0.229. The summed E-state index contributed by atoms with van der Waals surface area (Å²) < 4.78 is 5.61. The van der Waals surface area contributed by atoms with Gasteiger partial charge in [-0.15, -0.1) is 11.3 Å². The monoisotopic (exact) mass is 254 g/mol. The summed E-state index contributed by atoms with van der Waals surface area (Å²) in [6.07, 6.45) is 3.61. The second-order valence-electron chi connectivity index (χ2n) is 4.97. The van der Waals surface area contributed by atoms with Crippen LogP contribution in [0.15, 0.2) is 0 Å². The Bertz CT molecular complexity index is 381. The molecule has 1 unspecified atom stereocenters. The zero-order chi connectivity index (χ0) is 12.5. The zero-order valence-electron chi connectivity index (χ0n) is 11.2. The van der Waals surface area contributed by atoms with Gasteiger partial charge in [-0.1, -0.05) is 6.92 Å². The fourth-order valence-electron chi connectivity index (χ4n) is 1.73. The molecule has 0 amide bonds. The van der Waals surface area contributed by atoms with Gasteiger partial charge in [-0.3, -0.25) is 0 Å². The maximum absolute atomic E-state index is 5.61. The van der Waals surface area contributed by atoms with Crippen molar-refractivity contribution >= 4 is 11.3 Å². The Kier molecular flexibility index (Phi) is 3.85. The molecule has 3 nitrogen and oxygen atoms in total. The highest BCUT2D eigenvalue weighted by Crippen LogP contribution is 2.33. The highest BCUT2D eigenvalue weighted by Gasteiger charge is 2.29. The fraction of sp³-hybridized carbons (Fsp3) is 0.769. The Balaban J connectivity index is 2.10. The lowest BCUT2D eigenvalue weighted by atomic mass is 10.1. The average Bonchev–Trinajstić information content (AvgIpc) is 3.09. The molecule has 1 fully saturated rings. The first kappa shape index (κ1) is 13.0. The molecule has 1 aliphatic carbocycles. The first-order valence-corrected chi connectivity index (χ1v) is 7.16. The van der Waals surface area contributed by atoms with Crippen molar-refractivity contribution in [3.05, 3.63) is 15.6 Å². The summed E-state index contributed by atoms with van der Waals surface area (Å²) in [6, 6.07) is 0.750. The normalized spacial score (nSPS) is 19.3. The predicted molar refractivity (Wildman–Crippen MR) is 71.4 cm³/mol. The molecule has 1 atom stereocenters. The lowest BCUT2D eigenvalue weighted by molar-refractivity contribution is -0.00163. The van der Waals surface area contributed by atoms with Crippen LogP contribution >= 0.6 is 11.3 Å². The molecule has 1 aromatic rings. The van der Waals surface area contributed by atoms with Crippen molar-refractivity contribution in [1.82, 2.24) is 10.3 Å². The molecule has 0 aliphatic heterocycles. The molecule has 96 valence electrons. The number of aryl methyl sites for hydroxylation is 1. The van der Waals surface area contributed by atoms with Gasteiger partial charge in [0, 0.05) is 24.6 Å². The maximum atomic E-state index is 5.61. The molecular weight excluding hydrogens is 232 g/mol. The summed E-state index contributed by atoms with van der Waals surface area (Å²) in [7, 11) is 1.77. The van der Waals surface area contributed by atoms with Crippen molar-refractivity contribution in [2.75, 3.05) is 7.11 Å². The van der Waals surface area contributed by atoms with Gasteiger partial charge >= 0.3 is 0 Å². The highest BCUT2D eigenvalue weighted by molar-refractivity contribution is 7.11. The Morgan fingerprint density at radius 2 is 2.24 bits per heavy atom. The van der Waals surface area contributed by atoms with Crippen molar-refractivity contribution in [3.8, 4) is 0 Å². The van der Waals surface area contributed by atoms with Crippen LogP contribution in [0.25, 0.3) is 0 Å². The molecule has 0 spiro atoms. The van der Waals surface area contributed by atoms with Gasteiger partial charge in [-0.25, -0.2) is 4.98 Å². The van der Waals surface area contributed by atoms with Gasteiger partial charge in [-0.05, 0) is 33.1 Å². The van der Waals surface area contributed by atoms with Gasteiger partial charge in [0.15, 0.2) is 0 Å². The number of rotatable bonds is 6. The van der Waals surface area contributed by atoms with Crippen LogP contribution in [0.3, 0.4) is 0 Å². The number of nitrogens with zero attached hydrogens (tertiary/aromatic N) is 1. The van der Waals surface area contributed by atoms with Crippen molar-refractivity contribution in [3.63, 3.8) is 0 Å². The fourth-order valence-corrected chi connectivity index (χ4v) is 2.93. The first-order chi connectivity index (χ1) is 8.09. The van der Waals surface area contributed by atoms with Gasteiger partial charge in [0.05, 0.1) is 5.69 Å². The highest BCUT2D eigenvalue weighted by atomic mass is 32.1. The first-order valence-electron chi connectivity index (χ1n) is 6.34. The lowest BCUT2D eigenvalue weighted by Gasteiger charge is -2.23. The van der Waals surface area contributed by atoms with E-state index in [2.05, 4.69) is 31.1 Å². The molecule has 0 saturated heterocycles. The van der Waals surface area contributed by atoms with Crippen molar-refractivity contribution in [1.29, 1.82) is 0 Å². The third kappa shape index (κ3) is 2.87. The number of hydrogen-bond donors (Lipinski definition) is 1. The lowest BCUT2D eigenvalue weighted by Crippen LogP contribution is -2.22. The summed E-state index contributed by atoms with van der Waals surface area (Å²) in [5.74, 6) is 0. The summed E-state index contributed by atoms with van der Waals surface area (Å²) >= 11 is 1.79. The van der Waals surface area contributed by atoms with Crippen LogP contribution in [0.2, 0.25) is 0 Å². The van der Waals surface area contributed by atoms with E-state index in [0.717, 1.165) is 29.7 Å². The largest absolute Gasteiger partial charge is 0.371 e. The number of methoxy groups -OCH3 is 1. The summed E-state index contributed by atoms with van der Waals surface area (Å²) in [6.45, 7) is 7.30. The summed E-state index contributed by atoms with van der Waals surface area (Å²) in [4.78, 5) is 6.03. The number of nitrogens with one attached hydrogen (secondary N) is 1. The van der Waals surface area contributed by atoms with E-state index < -0.39 is 0 Å². The molecule has 0 radical (unpaired) electrons. The van der Waals surface area contributed by atoms with Crippen LogP contribution in [0.5, 0.6) is 0 Å². The Morgan fingerprint density at radius 3 is 2.76 bits per heavy atom. The molecule has 1 N–H and O–H groups in total. The minimum absolute atomic E-state index is 0.229. The molecule has 1 aliphatic rings. The molecule has 1 aromatic heterocycles. The third-order valence-corrected chi connectivity index (χ3v) is 5.00. The van der Waals surface area contributed by atoms with E-state index in [1.165, 1.54) is 17.7 Å². The summed E-state index contributed by atoms with van der Waals surface area (Å²) in [5.41, 5.74) is 0.919. The van der Waals surface area contributed by atoms with Crippen LogP contribution in [-0.2, 0) is 16.9 Å². The number of hydrogen-bond acceptors (Lipinski definition) is 4. The second kappa shape index (κ2) is 5.04. The van der Waals surface area contributed by atoms with E-state index in [4.69, 9.17) is 4.74 Å². The van der Waals surface area contributed by atoms with Crippen molar-refractivity contribution in [2.45, 2.75) is 58.2 Å². The van der Waals surface area contributed by atoms with Crippen LogP contribution in [0, 0.1) is 6.92 Å². The maximum Gasteiger partial charge on any atom is 0.125 e. The molecule has 0 bridgehead atoms. The Labute approximate surface area is 108 Å². The molecule has 1 heterocycles. The van der Waals surface area contributed by atoms with Gasteiger partial charge in [0.25, 0.3) is 0 Å². The molecular formula is C13H22N2OS.